The van der Waals surface area contributed by atoms with E-state index in [0.717, 1.165) is 29.4 Å². The molecule has 0 fully saturated rings. The summed E-state index contributed by atoms with van der Waals surface area (Å²) in [6.45, 7) is 13.7. The molecule has 2 aromatic rings. The van der Waals surface area contributed by atoms with Gasteiger partial charge in [-0.05, 0) is 50.5 Å². The Morgan fingerprint density at radius 1 is 1.10 bits per heavy atom. The smallest absolute Gasteiger partial charge is 0.131 e. The molecule has 1 aromatic carbocycles. The van der Waals surface area contributed by atoms with Crippen molar-refractivity contribution >= 4 is 5.82 Å². The Morgan fingerprint density at radius 2 is 1.70 bits per heavy atom. The van der Waals surface area contributed by atoms with Crippen LogP contribution in [0.4, 0.5) is 5.82 Å². The summed E-state index contributed by atoms with van der Waals surface area (Å²) in [5.74, 6) is 2.22. The number of anilines is 1. The van der Waals surface area contributed by atoms with Crippen molar-refractivity contribution < 1.29 is 0 Å². The summed E-state index contributed by atoms with van der Waals surface area (Å²) in [4.78, 5) is 4.82. The van der Waals surface area contributed by atoms with Gasteiger partial charge in [-0.3, -0.25) is 0 Å². The van der Waals surface area contributed by atoms with E-state index in [1.807, 2.05) is 0 Å². The Kier molecular flexibility index (Phi) is 3.89. The maximum absolute atomic E-state index is 6.34. The molecule has 0 spiro atoms. The molecule has 3 heteroatoms. The minimum atomic E-state index is 0.373. The lowest BCUT2D eigenvalue weighted by Gasteiger charge is -2.10. The minimum Gasteiger partial charge on any atom is -0.383 e. The Morgan fingerprint density at radius 3 is 2.20 bits per heavy atom. The summed E-state index contributed by atoms with van der Waals surface area (Å²) in [5, 5.41) is 0. The van der Waals surface area contributed by atoms with Crippen molar-refractivity contribution in [2.24, 2.45) is 0 Å². The Bertz CT molecular complexity index is 636. The predicted octanol–water partition coefficient (Wildman–Crippen LogP) is 4.20. The van der Waals surface area contributed by atoms with Crippen LogP contribution in [0.1, 0.15) is 49.2 Å². The van der Waals surface area contributed by atoms with E-state index in [1.165, 1.54) is 16.7 Å². The molecule has 0 unspecified atom stereocenters. The lowest BCUT2D eigenvalue weighted by atomic mass is 9.99. The molecule has 0 aliphatic carbocycles. The molecular weight excluding hydrogens is 246 g/mol. The number of benzene rings is 1. The average Bonchev–Trinajstić information content (AvgIpc) is 2.71. The molecule has 0 atom stereocenters. The largest absolute Gasteiger partial charge is 0.383 e. The van der Waals surface area contributed by atoms with Crippen molar-refractivity contribution in [3.63, 3.8) is 0 Å². The molecule has 0 saturated carbocycles. The zero-order valence-corrected chi connectivity index (χ0v) is 13.4. The number of hydrogen-bond acceptors (Lipinski definition) is 2. The average molecular weight is 271 g/mol. The number of hydrogen-bond donors (Lipinski definition) is 1. The number of rotatable bonds is 3. The fourth-order valence-electron chi connectivity index (χ4n) is 2.67. The first-order chi connectivity index (χ1) is 9.36. The zero-order valence-electron chi connectivity index (χ0n) is 13.4. The first kappa shape index (κ1) is 14.6. The van der Waals surface area contributed by atoms with E-state index in [4.69, 9.17) is 10.7 Å². The Labute approximate surface area is 121 Å². The van der Waals surface area contributed by atoms with Gasteiger partial charge >= 0.3 is 0 Å². The van der Waals surface area contributed by atoms with Crippen LogP contribution in [0.5, 0.6) is 0 Å². The summed E-state index contributed by atoms with van der Waals surface area (Å²) >= 11 is 0. The highest BCUT2D eigenvalue weighted by Crippen LogP contribution is 2.32. The zero-order chi connectivity index (χ0) is 15.0. The molecule has 0 aliphatic rings. The molecule has 0 amide bonds. The van der Waals surface area contributed by atoms with E-state index in [2.05, 4.69) is 58.2 Å². The topological polar surface area (TPSA) is 43.8 Å². The highest BCUT2D eigenvalue weighted by molar-refractivity contribution is 5.74. The molecule has 1 aromatic heterocycles. The molecule has 2 N–H and O–H groups in total. The molecule has 0 aliphatic heterocycles. The van der Waals surface area contributed by atoms with E-state index in [-0.39, 0.29) is 0 Å². The van der Waals surface area contributed by atoms with Crippen molar-refractivity contribution in [2.45, 2.75) is 54.0 Å². The van der Waals surface area contributed by atoms with Gasteiger partial charge in [0.2, 0.25) is 0 Å². The first-order valence-corrected chi connectivity index (χ1v) is 7.30. The van der Waals surface area contributed by atoms with E-state index in [1.54, 1.807) is 0 Å². The maximum Gasteiger partial charge on any atom is 0.131 e. The Hall–Kier alpha value is -1.77. The van der Waals surface area contributed by atoms with Crippen LogP contribution in [0, 0.1) is 20.8 Å². The molecule has 0 saturated heterocycles. The predicted molar refractivity (Wildman–Crippen MR) is 86.0 cm³/mol. The number of imidazole rings is 1. The van der Waals surface area contributed by atoms with Crippen molar-refractivity contribution in [2.75, 3.05) is 5.73 Å². The standard InChI is InChI=1S/C17H25N3/c1-7-20-16(18)15(19-17(20)10(2)3)14-9-12(5)11(4)8-13(14)6/h8-10H,7,18H2,1-6H3. The first-order valence-electron chi connectivity index (χ1n) is 7.30. The second-order valence-electron chi connectivity index (χ2n) is 5.85. The van der Waals surface area contributed by atoms with E-state index in [0.29, 0.717) is 5.92 Å². The third-order valence-electron chi connectivity index (χ3n) is 3.96. The number of nitrogen functional groups attached to an aromatic ring is 1. The van der Waals surface area contributed by atoms with Gasteiger partial charge in [-0.1, -0.05) is 19.9 Å². The molecule has 0 bridgehead atoms. The monoisotopic (exact) mass is 271 g/mol. The van der Waals surface area contributed by atoms with Crippen LogP contribution in [-0.2, 0) is 6.54 Å². The summed E-state index contributed by atoms with van der Waals surface area (Å²) in [6.07, 6.45) is 0. The van der Waals surface area contributed by atoms with Gasteiger partial charge in [0.15, 0.2) is 0 Å². The van der Waals surface area contributed by atoms with Gasteiger partial charge in [0.25, 0.3) is 0 Å². The molecule has 20 heavy (non-hydrogen) atoms. The molecule has 3 nitrogen and oxygen atoms in total. The van der Waals surface area contributed by atoms with Gasteiger partial charge < -0.3 is 10.3 Å². The van der Waals surface area contributed by atoms with Crippen LogP contribution in [0.15, 0.2) is 12.1 Å². The van der Waals surface area contributed by atoms with Crippen molar-refractivity contribution in [1.29, 1.82) is 0 Å². The second-order valence-corrected chi connectivity index (χ2v) is 5.85. The van der Waals surface area contributed by atoms with Crippen molar-refractivity contribution in [1.82, 2.24) is 9.55 Å². The van der Waals surface area contributed by atoms with Crippen LogP contribution < -0.4 is 5.73 Å². The summed E-state index contributed by atoms with van der Waals surface area (Å²) in [6, 6.07) is 4.41. The third kappa shape index (κ3) is 2.33. The van der Waals surface area contributed by atoms with Gasteiger partial charge in [-0.2, -0.15) is 0 Å². The number of aryl methyl sites for hydroxylation is 3. The molecule has 2 rings (SSSR count). The van der Waals surface area contributed by atoms with Gasteiger partial charge in [-0.15, -0.1) is 0 Å². The Balaban J connectivity index is 2.67. The minimum absolute atomic E-state index is 0.373. The number of aromatic nitrogens is 2. The normalized spacial score (nSPS) is 11.3. The van der Waals surface area contributed by atoms with Crippen LogP contribution in [-0.4, -0.2) is 9.55 Å². The molecule has 0 radical (unpaired) electrons. The fourth-order valence-corrected chi connectivity index (χ4v) is 2.67. The number of nitrogens with two attached hydrogens (primary N) is 1. The van der Waals surface area contributed by atoms with Gasteiger partial charge in [0.1, 0.15) is 17.3 Å². The van der Waals surface area contributed by atoms with Gasteiger partial charge in [0, 0.05) is 18.0 Å². The third-order valence-corrected chi connectivity index (χ3v) is 3.96. The second kappa shape index (κ2) is 5.31. The summed E-state index contributed by atoms with van der Waals surface area (Å²) in [7, 11) is 0. The van der Waals surface area contributed by atoms with Crippen LogP contribution in [0.3, 0.4) is 0 Å². The van der Waals surface area contributed by atoms with Crippen LogP contribution in [0.2, 0.25) is 0 Å². The fraction of sp³-hybridized carbons (Fsp3) is 0.471. The molecular formula is C17H25N3. The van der Waals surface area contributed by atoms with Crippen LogP contribution >= 0.6 is 0 Å². The quantitative estimate of drug-likeness (QED) is 0.909. The molecule has 108 valence electrons. The summed E-state index contributed by atoms with van der Waals surface area (Å²) < 4.78 is 2.12. The maximum atomic E-state index is 6.34. The number of nitrogens with zero attached hydrogens (tertiary/aromatic N) is 2. The van der Waals surface area contributed by atoms with Crippen LogP contribution in [0.25, 0.3) is 11.3 Å². The van der Waals surface area contributed by atoms with Crippen molar-refractivity contribution in [3.05, 3.63) is 34.6 Å². The highest BCUT2D eigenvalue weighted by atomic mass is 15.1. The van der Waals surface area contributed by atoms with Gasteiger partial charge in [-0.25, -0.2) is 4.98 Å². The van der Waals surface area contributed by atoms with E-state index < -0.39 is 0 Å². The SMILES string of the molecule is CCn1c(C(C)C)nc(-c2cc(C)c(C)cc2C)c1N. The van der Waals surface area contributed by atoms with E-state index in [9.17, 15) is 0 Å². The van der Waals surface area contributed by atoms with Gasteiger partial charge in [0.05, 0.1) is 0 Å². The lowest BCUT2D eigenvalue weighted by molar-refractivity contribution is 0.658. The lowest BCUT2D eigenvalue weighted by Crippen LogP contribution is -2.06. The van der Waals surface area contributed by atoms with Crippen molar-refractivity contribution in [3.8, 4) is 11.3 Å². The molecule has 1 heterocycles. The summed E-state index contributed by atoms with van der Waals surface area (Å²) in [5.41, 5.74) is 12.2. The van der Waals surface area contributed by atoms with E-state index >= 15 is 0 Å². The highest BCUT2D eigenvalue weighted by Gasteiger charge is 2.18.